The predicted octanol–water partition coefficient (Wildman–Crippen LogP) is 2.37. The van der Waals surface area contributed by atoms with Crippen LogP contribution in [0.15, 0.2) is 6.20 Å². The summed E-state index contributed by atoms with van der Waals surface area (Å²) >= 11 is 0. The van der Waals surface area contributed by atoms with Crippen molar-refractivity contribution in [1.29, 1.82) is 0 Å². The zero-order valence-electron chi connectivity index (χ0n) is 8.28. The van der Waals surface area contributed by atoms with Crippen LogP contribution >= 0.6 is 0 Å². The van der Waals surface area contributed by atoms with Crippen LogP contribution in [0, 0.1) is 0 Å². The molecule has 1 aromatic heterocycles. The summed E-state index contributed by atoms with van der Waals surface area (Å²) in [7, 11) is 0. The molecule has 0 fully saturated rings. The largest absolute Gasteiger partial charge is 0.247 e. The van der Waals surface area contributed by atoms with Gasteiger partial charge in [-0.1, -0.05) is 19.1 Å². The highest BCUT2D eigenvalue weighted by Crippen LogP contribution is 2.19. The minimum absolute atomic E-state index is 0.413. The standard InChI is InChI=1S/C9H17N3/c1-5-8(4)9-6-10-11-12(9)7(2)3/h6-8H,5H2,1-4H3. The molecule has 1 aromatic rings. The minimum Gasteiger partial charge on any atom is -0.247 e. The third-order valence-corrected chi connectivity index (χ3v) is 2.21. The van der Waals surface area contributed by atoms with Crippen LogP contribution in [0.4, 0.5) is 0 Å². The van der Waals surface area contributed by atoms with Gasteiger partial charge in [0, 0.05) is 6.04 Å². The third kappa shape index (κ3) is 1.65. The van der Waals surface area contributed by atoms with E-state index in [-0.39, 0.29) is 0 Å². The summed E-state index contributed by atoms with van der Waals surface area (Å²) < 4.78 is 1.99. The molecule has 0 spiro atoms. The van der Waals surface area contributed by atoms with Gasteiger partial charge in [-0.15, -0.1) is 5.10 Å². The van der Waals surface area contributed by atoms with Gasteiger partial charge in [0.2, 0.25) is 0 Å². The fourth-order valence-electron chi connectivity index (χ4n) is 1.22. The summed E-state index contributed by atoms with van der Waals surface area (Å²) in [4.78, 5) is 0. The van der Waals surface area contributed by atoms with Crippen molar-refractivity contribution in [2.45, 2.75) is 46.1 Å². The molecular formula is C9H17N3. The van der Waals surface area contributed by atoms with E-state index in [1.807, 2.05) is 10.9 Å². The molecule has 0 amide bonds. The van der Waals surface area contributed by atoms with Crippen molar-refractivity contribution in [3.8, 4) is 0 Å². The van der Waals surface area contributed by atoms with Crippen LogP contribution in [-0.4, -0.2) is 15.0 Å². The smallest absolute Gasteiger partial charge is 0.0728 e. The lowest BCUT2D eigenvalue weighted by molar-refractivity contribution is 0.476. The highest BCUT2D eigenvalue weighted by Gasteiger charge is 2.11. The van der Waals surface area contributed by atoms with Gasteiger partial charge in [-0.3, -0.25) is 0 Å². The van der Waals surface area contributed by atoms with Crippen LogP contribution < -0.4 is 0 Å². The third-order valence-electron chi connectivity index (χ3n) is 2.21. The molecule has 0 radical (unpaired) electrons. The van der Waals surface area contributed by atoms with E-state index in [1.54, 1.807) is 0 Å². The van der Waals surface area contributed by atoms with E-state index in [0.29, 0.717) is 12.0 Å². The number of rotatable bonds is 3. The Labute approximate surface area is 73.8 Å². The Kier molecular flexibility index (Phi) is 2.84. The second kappa shape index (κ2) is 3.70. The summed E-state index contributed by atoms with van der Waals surface area (Å²) in [6.45, 7) is 8.64. The van der Waals surface area contributed by atoms with Crippen molar-refractivity contribution >= 4 is 0 Å². The van der Waals surface area contributed by atoms with Gasteiger partial charge in [0.25, 0.3) is 0 Å². The number of hydrogen-bond acceptors (Lipinski definition) is 2. The van der Waals surface area contributed by atoms with E-state index < -0.39 is 0 Å². The molecule has 0 bridgehead atoms. The lowest BCUT2D eigenvalue weighted by Crippen LogP contribution is -2.09. The molecule has 0 aliphatic rings. The number of nitrogens with zero attached hydrogens (tertiary/aromatic N) is 3. The Morgan fingerprint density at radius 2 is 2.08 bits per heavy atom. The molecule has 1 atom stereocenters. The van der Waals surface area contributed by atoms with Gasteiger partial charge in [0.15, 0.2) is 0 Å². The Morgan fingerprint density at radius 1 is 1.42 bits per heavy atom. The first-order valence-electron chi connectivity index (χ1n) is 4.56. The van der Waals surface area contributed by atoms with Crippen molar-refractivity contribution < 1.29 is 0 Å². The summed E-state index contributed by atoms with van der Waals surface area (Å²) in [6.07, 6.45) is 3.01. The van der Waals surface area contributed by atoms with Gasteiger partial charge < -0.3 is 0 Å². The van der Waals surface area contributed by atoms with Crippen molar-refractivity contribution in [1.82, 2.24) is 15.0 Å². The Bertz CT molecular complexity index is 240. The molecule has 1 heterocycles. The van der Waals surface area contributed by atoms with Crippen molar-refractivity contribution in [3.63, 3.8) is 0 Å². The molecule has 0 aromatic carbocycles. The molecule has 0 N–H and O–H groups in total. The average molecular weight is 167 g/mol. The monoisotopic (exact) mass is 167 g/mol. The molecule has 3 heteroatoms. The van der Waals surface area contributed by atoms with Crippen LogP contribution in [0.1, 0.15) is 51.8 Å². The van der Waals surface area contributed by atoms with E-state index >= 15 is 0 Å². The van der Waals surface area contributed by atoms with Crippen LogP contribution in [0.25, 0.3) is 0 Å². The number of aromatic nitrogens is 3. The highest BCUT2D eigenvalue weighted by atomic mass is 15.4. The van der Waals surface area contributed by atoms with Crippen LogP contribution in [0.5, 0.6) is 0 Å². The molecule has 0 saturated heterocycles. The van der Waals surface area contributed by atoms with Gasteiger partial charge in [0.1, 0.15) is 0 Å². The minimum atomic E-state index is 0.413. The van der Waals surface area contributed by atoms with Gasteiger partial charge >= 0.3 is 0 Å². The molecular weight excluding hydrogens is 150 g/mol. The maximum atomic E-state index is 4.05. The van der Waals surface area contributed by atoms with E-state index in [4.69, 9.17) is 0 Å². The summed E-state index contributed by atoms with van der Waals surface area (Å²) in [5.74, 6) is 0.558. The summed E-state index contributed by atoms with van der Waals surface area (Å²) in [5, 5.41) is 7.98. The highest BCUT2D eigenvalue weighted by molar-refractivity contribution is 5.02. The Morgan fingerprint density at radius 3 is 2.58 bits per heavy atom. The fraction of sp³-hybridized carbons (Fsp3) is 0.778. The molecule has 68 valence electrons. The van der Waals surface area contributed by atoms with Gasteiger partial charge in [-0.25, -0.2) is 4.68 Å². The number of hydrogen-bond donors (Lipinski definition) is 0. The van der Waals surface area contributed by atoms with Crippen LogP contribution in [-0.2, 0) is 0 Å². The molecule has 0 aliphatic heterocycles. The maximum Gasteiger partial charge on any atom is 0.0728 e. The van der Waals surface area contributed by atoms with Crippen LogP contribution in [0.2, 0.25) is 0 Å². The molecule has 1 rings (SSSR count). The zero-order chi connectivity index (χ0) is 9.14. The van der Waals surface area contributed by atoms with E-state index in [0.717, 1.165) is 6.42 Å². The summed E-state index contributed by atoms with van der Waals surface area (Å²) in [6, 6.07) is 0.413. The molecule has 12 heavy (non-hydrogen) atoms. The van der Waals surface area contributed by atoms with Gasteiger partial charge in [-0.05, 0) is 26.2 Å². The maximum absolute atomic E-state index is 4.05. The first-order valence-corrected chi connectivity index (χ1v) is 4.56. The Balaban J connectivity index is 2.91. The predicted molar refractivity (Wildman–Crippen MR) is 49.1 cm³/mol. The summed E-state index contributed by atoms with van der Waals surface area (Å²) in [5.41, 5.74) is 1.24. The fourth-order valence-corrected chi connectivity index (χ4v) is 1.22. The normalized spacial score (nSPS) is 13.8. The van der Waals surface area contributed by atoms with E-state index in [1.165, 1.54) is 5.69 Å². The van der Waals surface area contributed by atoms with Crippen molar-refractivity contribution in [2.24, 2.45) is 0 Å². The SMILES string of the molecule is CCC(C)c1cnnn1C(C)C. The zero-order valence-corrected chi connectivity index (χ0v) is 8.28. The van der Waals surface area contributed by atoms with Crippen molar-refractivity contribution in [2.75, 3.05) is 0 Å². The second-order valence-electron chi connectivity index (χ2n) is 3.51. The lowest BCUT2D eigenvalue weighted by Gasteiger charge is -2.13. The molecule has 0 aliphatic carbocycles. The first-order chi connectivity index (χ1) is 5.66. The first kappa shape index (κ1) is 9.23. The lowest BCUT2D eigenvalue weighted by atomic mass is 10.1. The van der Waals surface area contributed by atoms with Gasteiger partial charge in [-0.2, -0.15) is 0 Å². The molecule has 0 saturated carbocycles. The van der Waals surface area contributed by atoms with Crippen LogP contribution in [0.3, 0.4) is 0 Å². The topological polar surface area (TPSA) is 30.7 Å². The average Bonchev–Trinajstić information content (AvgIpc) is 2.50. The molecule has 1 unspecified atom stereocenters. The second-order valence-corrected chi connectivity index (χ2v) is 3.51. The molecule has 3 nitrogen and oxygen atoms in total. The van der Waals surface area contributed by atoms with E-state index in [9.17, 15) is 0 Å². The van der Waals surface area contributed by atoms with Crippen molar-refractivity contribution in [3.05, 3.63) is 11.9 Å². The Hall–Kier alpha value is -0.860. The van der Waals surface area contributed by atoms with E-state index in [2.05, 4.69) is 38.0 Å². The quantitative estimate of drug-likeness (QED) is 0.692. The van der Waals surface area contributed by atoms with Gasteiger partial charge in [0.05, 0.1) is 11.9 Å².